The van der Waals surface area contributed by atoms with Crippen LogP contribution in [0.4, 0.5) is 5.95 Å². The molecule has 1 N–H and O–H groups in total. The fourth-order valence-corrected chi connectivity index (χ4v) is 2.54. The smallest absolute Gasteiger partial charge is 0.243 e. The predicted molar refractivity (Wildman–Crippen MR) is 79.7 cm³/mol. The molecule has 5 heteroatoms. The molecule has 0 spiro atoms. The summed E-state index contributed by atoms with van der Waals surface area (Å²) in [4.78, 5) is 4.43. The highest BCUT2D eigenvalue weighted by Gasteiger charge is 2.17. The van der Waals surface area contributed by atoms with Crippen LogP contribution in [0.3, 0.4) is 0 Å². The van der Waals surface area contributed by atoms with E-state index in [1.54, 1.807) is 10.7 Å². The summed E-state index contributed by atoms with van der Waals surface area (Å²) in [6.07, 6.45) is 1.76. The predicted octanol–water partition coefficient (Wildman–Crippen LogP) is 3.72. The molecule has 19 heavy (non-hydrogen) atoms. The lowest BCUT2D eigenvalue weighted by Crippen LogP contribution is -2.24. The van der Waals surface area contributed by atoms with Gasteiger partial charge in [0, 0.05) is 12.7 Å². The molecule has 0 fully saturated rings. The van der Waals surface area contributed by atoms with Crippen LogP contribution in [0.5, 0.6) is 0 Å². The summed E-state index contributed by atoms with van der Waals surface area (Å²) in [5, 5.41) is 8.36. The van der Waals surface area contributed by atoms with Crippen molar-refractivity contribution in [2.45, 2.75) is 27.7 Å². The minimum Gasteiger partial charge on any atom is -0.353 e. The van der Waals surface area contributed by atoms with Crippen LogP contribution in [0.25, 0.3) is 5.65 Å². The van der Waals surface area contributed by atoms with Gasteiger partial charge >= 0.3 is 0 Å². The van der Waals surface area contributed by atoms with E-state index in [0.717, 1.165) is 12.2 Å². The summed E-state index contributed by atoms with van der Waals surface area (Å²) in [6, 6.07) is 3.68. The van der Waals surface area contributed by atoms with Gasteiger partial charge in [0.25, 0.3) is 0 Å². The summed E-state index contributed by atoms with van der Waals surface area (Å²) in [6.45, 7) is 9.90. The lowest BCUT2D eigenvalue weighted by Gasteiger charge is -2.24. The Labute approximate surface area is 119 Å². The van der Waals surface area contributed by atoms with Crippen molar-refractivity contribution in [3.63, 3.8) is 0 Å². The van der Waals surface area contributed by atoms with Gasteiger partial charge in [0.2, 0.25) is 5.95 Å². The first-order chi connectivity index (χ1) is 8.97. The molecule has 0 saturated heterocycles. The quantitative estimate of drug-likeness (QED) is 0.907. The van der Waals surface area contributed by atoms with Crippen molar-refractivity contribution in [2.24, 2.45) is 17.8 Å². The van der Waals surface area contributed by atoms with Crippen molar-refractivity contribution >= 4 is 23.2 Å². The maximum Gasteiger partial charge on any atom is 0.243 e. The molecule has 2 rings (SSSR count). The number of aromatic nitrogens is 3. The number of nitrogens with zero attached hydrogens (tertiary/aromatic N) is 3. The SMILES string of the molecule is CC(C)C(CNc1nc2ccc(Cl)cn2n1)C(C)C. The second-order valence-corrected chi connectivity index (χ2v) is 6.05. The Morgan fingerprint density at radius 2 is 1.89 bits per heavy atom. The van der Waals surface area contributed by atoms with E-state index in [1.807, 2.05) is 12.1 Å². The zero-order valence-electron chi connectivity index (χ0n) is 11.9. The Kier molecular flexibility index (Phi) is 4.30. The maximum absolute atomic E-state index is 5.93. The Hall–Kier alpha value is -1.29. The third-order valence-corrected chi connectivity index (χ3v) is 3.73. The van der Waals surface area contributed by atoms with Gasteiger partial charge in [-0.05, 0) is 29.9 Å². The molecule has 0 amide bonds. The number of hydrogen-bond acceptors (Lipinski definition) is 3. The van der Waals surface area contributed by atoms with Gasteiger partial charge in [-0.3, -0.25) is 0 Å². The van der Waals surface area contributed by atoms with Crippen LogP contribution >= 0.6 is 11.6 Å². The van der Waals surface area contributed by atoms with Gasteiger partial charge in [-0.1, -0.05) is 39.3 Å². The van der Waals surface area contributed by atoms with Gasteiger partial charge in [-0.15, -0.1) is 5.10 Å². The van der Waals surface area contributed by atoms with Crippen LogP contribution in [0, 0.1) is 17.8 Å². The molecule has 0 bridgehead atoms. The monoisotopic (exact) mass is 280 g/mol. The molecule has 0 aliphatic carbocycles. The van der Waals surface area contributed by atoms with Crippen molar-refractivity contribution in [1.82, 2.24) is 14.6 Å². The number of rotatable bonds is 5. The fourth-order valence-electron chi connectivity index (χ4n) is 2.38. The first kappa shape index (κ1) is 14.1. The standard InChI is InChI=1S/C14H21ClN4/c1-9(2)12(10(3)4)7-16-14-17-13-6-5-11(15)8-19(13)18-14/h5-6,8-10,12H,7H2,1-4H3,(H,16,18). The van der Waals surface area contributed by atoms with Gasteiger partial charge in [-0.25, -0.2) is 4.52 Å². The molecule has 0 aliphatic heterocycles. The van der Waals surface area contributed by atoms with Crippen molar-refractivity contribution in [3.05, 3.63) is 23.4 Å². The lowest BCUT2D eigenvalue weighted by atomic mass is 9.85. The normalized spacial score (nSPS) is 12.0. The highest BCUT2D eigenvalue weighted by Crippen LogP contribution is 2.21. The lowest BCUT2D eigenvalue weighted by molar-refractivity contribution is 0.304. The van der Waals surface area contributed by atoms with E-state index in [9.17, 15) is 0 Å². The molecule has 0 saturated carbocycles. The highest BCUT2D eigenvalue weighted by atomic mass is 35.5. The minimum absolute atomic E-state index is 0.607. The number of hydrogen-bond donors (Lipinski definition) is 1. The maximum atomic E-state index is 5.93. The fraction of sp³-hybridized carbons (Fsp3) is 0.571. The molecule has 2 heterocycles. The third-order valence-electron chi connectivity index (χ3n) is 3.50. The third kappa shape index (κ3) is 3.38. The summed E-state index contributed by atoms with van der Waals surface area (Å²) in [5.74, 6) is 2.54. The van der Waals surface area contributed by atoms with E-state index in [-0.39, 0.29) is 0 Å². The molecular weight excluding hydrogens is 260 g/mol. The highest BCUT2D eigenvalue weighted by molar-refractivity contribution is 6.30. The largest absolute Gasteiger partial charge is 0.353 e. The van der Waals surface area contributed by atoms with Crippen LogP contribution in [0.2, 0.25) is 5.02 Å². The van der Waals surface area contributed by atoms with Crippen LogP contribution in [0.15, 0.2) is 18.3 Å². The number of fused-ring (bicyclic) bond motifs is 1. The average molecular weight is 281 g/mol. The topological polar surface area (TPSA) is 42.2 Å². The van der Waals surface area contributed by atoms with Crippen molar-refractivity contribution in [1.29, 1.82) is 0 Å². The molecule has 0 aromatic carbocycles. The Balaban J connectivity index is 2.09. The summed E-state index contributed by atoms with van der Waals surface area (Å²) >= 11 is 5.93. The van der Waals surface area contributed by atoms with E-state index in [0.29, 0.717) is 28.7 Å². The molecule has 2 aromatic rings. The first-order valence-electron chi connectivity index (χ1n) is 6.73. The van der Waals surface area contributed by atoms with E-state index in [1.165, 1.54) is 0 Å². The van der Waals surface area contributed by atoms with E-state index >= 15 is 0 Å². The van der Waals surface area contributed by atoms with Crippen LogP contribution in [-0.2, 0) is 0 Å². The molecule has 0 aliphatic rings. The van der Waals surface area contributed by atoms with Crippen molar-refractivity contribution in [2.75, 3.05) is 11.9 Å². The Morgan fingerprint density at radius 3 is 2.53 bits per heavy atom. The van der Waals surface area contributed by atoms with E-state index in [2.05, 4.69) is 43.1 Å². The van der Waals surface area contributed by atoms with E-state index in [4.69, 9.17) is 11.6 Å². The van der Waals surface area contributed by atoms with Gasteiger partial charge in [0.15, 0.2) is 5.65 Å². The zero-order chi connectivity index (χ0) is 14.0. The molecule has 0 unspecified atom stereocenters. The second-order valence-electron chi connectivity index (χ2n) is 5.62. The number of halogens is 1. The number of nitrogens with one attached hydrogen (secondary N) is 1. The Morgan fingerprint density at radius 1 is 1.21 bits per heavy atom. The van der Waals surface area contributed by atoms with Gasteiger partial charge in [0.05, 0.1) is 5.02 Å². The van der Waals surface area contributed by atoms with Gasteiger partial charge < -0.3 is 5.32 Å². The summed E-state index contributed by atoms with van der Waals surface area (Å²) in [5.41, 5.74) is 0.803. The summed E-state index contributed by atoms with van der Waals surface area (Å²) < 4.78 is 1.70. The van der Waals surface area contributed by atoms with Crippen LogP contribution in [0.1, 0.15) is 27.7 Å². The van der Waals surface area contributed by atoms with Gasteiger partial charge in [-0.2, -0.15) is 4.98 Å². The molecular formula is C14H21ClN4. The first-order valence-corrected chi connectivity index (χ1v) is 7.11. The summed E-state index contributed by atoms with van der Waals surface area (Å²) in [7, 11) is 0. The van der Waals surface area contributed by atoms with Gasteiger partial charge in [0.1, 0.15) is 0 Å². The second kappa shape index (κ2) is 5.78. The average Bonchev–Trinajstić information content (AvgIpc) is 2.70. The molecule has 0 atom stereocenters. The number of pyridine rings is 1. The minimum atomic E-state index is 0.607. The van der Waals surface area contributed by atoms with Crippen molar-refractivity contribution in [3.8, 4) is 0 Å². The Bertz CT molecular complexity index is 539. The van der Waals surface area contributed by atoms with Crippen molar-refractivity contribution < 1.29 is 0 Å². The number of anilines is 1. The molecule has 0 radical (unpaired) electrons. The zero-order valence-corrected chi connectivity index (χ0v) is 12.6. The molecule has 2 aromatic heterocycles. The molecule has 104 valence electrons. The van der Waals surface area contributed by atoms with Crippen LogP contribution in [-0.4, -0.2) is 21.1 Å². The van der Waals surface area contributed by atoms with Crippen LogP contribution < -0.4 is 5.32 Å². The van der Waals surface area contributed by atoms with E-state index < -0.39 is 0 Å². The molecule has 4 nitrogen and oxygen atoms in total.